The minimum Gasteiger partial charge on any atom is -0.507 e. The van der Waals surface area contributed by atoms with Crippen LogP contribution in [-0.2, 0) is 28.6 Å². The molecule has 2 amide bonds. The quantitative estimate of drug-likeness (QED) is 0.107. The number of nitrogens with one attached hydrogen (secondary N) is 1. The minimum atomic E-state index is -2.04. The summed E-state index contributed by atoms with van der Waals surface area (Å²) < 4.78 is 30.0. The van der Waals surface area contributed by atoms with Crippen molar-refractivity contribution >= 4 is 40.0 Å². The SMILES string of the molecule is CCCN(C(=O)COc1cc2c(O)c3c(O)c(C)c4c(c13)C(=O)C(C)(O/C=C/C(OC)C(C)C(OC(C)=O)C(C)C(O)C(C)C(O)C(C)/C=C/C=C(C)C(=O)N2)O4)N(CC)CC. The highest BCUT2D eigenvalue weighted by atomic mass is 16.7. The number of hydrogen-bond donors (Lipinski definition) is 5. The Bertz CT molecular complexity index is 2080. The molecule has 0 spiro atoms. The topological polar surface area (TPSA) is 214 Å². The molecule has 3 aliphatic rings. The summed E-state index contributed by atoms with van der Waals surface area (Å²) >= 11 is 0. The van der Waals surface area contributed by atoms with E-state index in [1.165, 1.54) is 59.3 Å². The number of ether oxygens (including phenoxy) is 5. The van der Waals surface area contributed by atoms with Crippen LogP contribution in [0.3, 0.4) is 0 Å². The average molecular weight is 868 g/mol. The Balaban J connectivity index is 1.94. The van der Waals surface area contributed by atoms with Gasteiger partial charge < -0.3 is 49.4 Å². The second-order valence-corrected chi connectivity index (χ2v) is 16.3. The lowest BCUT2D eigenvalue weighted by molar-refractivity contribution is -0.160. The number of hydrazine groups is 1. The fourth-order valence-electron chi connectivity index (χ4n) is 8.16. The van der Waals surface area contributed by atoms with Crippen LogP contribution in [0.5, 0.6) is 23.0 Å². The van der Waals surface area contributed by atoms with Gasteiger partial charge in [-0.1, -0.05) is 66.7 Å². The van der Waals surface area contributed by atoms with Crippen molar-refractivity contribution in [2.45, 2.75) is 113 Å². The van der Waals surface area contributed by atoms with Crippen molar-refractivity contribution in [1.29, 1.82) is 0 Å². The summed E-state index contributed by atoms with van der Waals surface area (Å²) in [5.41, 5.74) is -0.0197. The van der Waals surface area contributed by atoms with Crippen LogP contribution in [0.15, 0.2) is 42.2 Å². The number of carbonyl (C=O) groups excluding carboxylic acids is 4. The highest BCUT2D eigenvalue weighted by Crippen LogP contribution is 2.54. The summed E-state index contributed by atoms with van der Waals surface area (Å²) in [6.07, 6.45) is 4.27. The largest absolute Gasteiger partial charge is 0.507 e. The van der Waals surface area contributed by atoms with Crippen LogP contribution in [0.1, 0.15) is 91.6 Å². The number of carbonyl (C=O) groups is 4. The van der Waals surface area contributed by atoms with E-state index in [0.29, 0.717) is 26.1 Å². The van der Waals surface area contributed by atoms with Crippen LogP contribution >= 0.6 is 0 Å². The Hall–Kier alpha value is -5.16. The number of ketones is 1. The number of Topliss-reactive ketones (excluding diaryl/α,β-unsaturated/α-hetero) is 1. The van der Waals surface area contributed by atoms with Gasteiger partial charge in [0.05, 0.1) is 41.2 Å². The van der Waals surface area contributed by atoms with Gasteiger partial charge in [0.15, 0.2) is 12.4 Å². The van der Waals surface area contributed by atoms with Gasteiger partial charge >= 0.3 is 11.8 Å². The smallest absolute Gasteiger partial charge is 0.312 e. The zero-order valence-corrected chi connectivity index (χ0v) is 38.0. The number of methoxy groups -OCH3 is 1. The molecule has 5 rings (SSSR count). The Morgan fingerprint density at radius 3 is 2.19 bits per heavy atom. The van der Waals surface area contributed by atoms with Gasteiger partial charge in [-0.2, -0.15) is 0 Å². The lowest BCUT2D eigenvalue weighted by Crippen LogP contribution is -2.48. The first-order valence-corrected chi connectivity index (χ1v) is 21.2. The number of aliphatic hydroxyl groups is 2. The molecule has 0 aliphatic carbocycles. The molecule has 3 aliphatic heterocycles. The molecule has 62 heavy (non-hydrogen) atoms. The number of amides is 2. The Labute approximate surface area is 364 Å². The van der Waals surface area contributed by atoms with Crippen molar-refractivity contribution < 1.29 is 63.3 Å². The standard InChI is InChI=1S/C46H65N3O13/c1-13-20-49(48(14-2)15-3)34(51)23-59-33-22-31-41(55)36-35(33)37-43(29(9)40(36)54)62-46(11,44(37)56)60-21-19-32(58-12)26(6)42(61-30(10)50)28(8)39(53)27(7)38(52)24(4)17-16-18-25(5)45(57)47-31/h16-19,21-22,24,26-28,32,38-39,42,52-55H,13-15,20,23H2,1-12H3,(H,47,57)/b17-16+,21-19+,25-18?. The summed E-state index contributed by atoms with van der Waals surface area (Å²) in [6, 6.07) is 1.28. The molecule has 5 N–H and O–H groups in total. The number of esters is 1. The van der Waals surface area contributed by atoms with Crippen LogP contribution in [0.4, 0.5) is 5.69 Å². The van der Waals surface area contributed by atoms with Crippen LogP contribution in [0, 0.1) is 30.6 Å². The molecule has 16 heteroatoms. The van der Waals surface area contributed by atoms with Gasteiger partial charge in [-0.3, -0.25) is 24.2 Å². The number of aromatic hydroxyl groups is 2. The van der Waals surface area contributed by atoms with E-state index >= 15 is 0 Å². The predicted molar refractivity (Wildman–Crippen MR) is 233 cm³/mol. The van der Waals surface area contributed by atoms with Crippen molar-refractivity contribution in [3.63, 3.8) is 0 Å². The lowest BCUT2D eigenvalue weighted by atomic mass is 9.78. The summed E-state index contributed by atoms with van der Waals surface area (Å²) in [6.45, 7) is 19.4. The third kappa shape index (κ3) is 10.2. The Morgan fingerprint density at radius 1 is 0.935 bits per heavy atom. The highest BCUT2D eigenvalue weighted by Gasteiger charge is 2.50. The predicted octanol–water partition coefficient (Wildman–Crippen LogP) is 5.92. The van der Waals surface area contributed by atoms with E-state index in [4.69, 9.17) is 23.7 Å². The second kappa shape index (κ2) is 20.8. The first-order valence-electron chi connectivity index (χ1n) is 21.2. The molecule has 0 aromatic heterocycles. The number of rotatable bonds is 10. The van der Waals surface area contributed by atoms with Crippen molar-refractivity contribution in [3.05, 3.63) is 53.3 Å². The van der Waals surface area contributed by atoms with E-state index in [9.17, 15) is 39.6 Å². The Morgan fingerprint density at radius 2 is 1.60 bits per heavy atom. The number of phenols is 2. The van der Waals surface area contributed by atoms with Gasteiger partial charge in [0, 0.05) is 86.9 Å². The molecule has 9 atom stereocenters. The zero-order valence-electron chi connectivity index (χ0n) is 38.0. The molecule has 3 heterocycles. The summed E-state index contributed by atoms with van der Waals surface area (Å²) in [7, 11) is 1.44. The van der Waals surface area contributed by atoms with Crippen LogP contribution in [0.25, 0.3) is 10.8 Å². The maximum Gasteiger partial charge on any atom is 0.312 e. The zero-order chi connectivity index (χ0) is 46.4. The van der Waals surface area contributed by atoms with Gasteiger partial charge in [0.2, 0.25) is 0 Å². The number of hydrogen-bond acceptors (Lipinski definition) is 14. The lowest BCUT2D eigenvalue weighted by Gasteiger charge is -2.38. The first-order chi connectivity index (χ1) is 29.2. The number of anilines is 1. The molecule has 0 radical (unpaired) electrons. The van der Waals surface area contributed by atoms with E-state index in [1.807, 2.05) is 25.8 Å². The number of fused-ring (bicyclic) bond motifs is 14. The van der Waals surface area contributed by atoms with Gasteiger partial charge in [-0.25, -0.2) is 5.01 Å². The summed E-state index contributed by atoms with van der Waals surface area (Å²) in [5, 5.41) is 52.2. The number of nitrogens with zero attached hydrogens (tertiary/aromatic N) is 2. The van der Waals surface area contributed by atoms with E-state index in [0.717, 1.165) is 0 Å². The van der Waals surface area contributed by atoms with Crippen LogP contribution in [-0.4, -0.2) is 118 Å². The molecule has 2 aromatic rings. The highest BCUT2D eigenvalue weighted by molar-refractivity contribution is 6.21. The summed E-state index contributed by atoms with van der Waals surface area (Å²) in [4.78, 5) is 54.4. The molecule has 0 saturated carbocycles. The Kier molecular flexibility index (Phi) is 16.6. The maximum absolute atomic E-state index is 14.6. The molecule has 0 fully saturated rings. The van der Waals surface area contributed by atoms with E-state index in [2.05, 4.69) is 5.32 Å². The molecule has 16 nitrogen and oxygen atoms in total. The maximum atomic E-state index is 14.6. The molecule has 5 bridgehead atoms. The van der Waals surface area contributed by atoms with Crippen molar-refractivity contribution in [2.75, 3.05) is 38.7 Å². The number of allylic oxidation sites excluding steroid dienone is 2. The van der Waals surface area contributed by atoms with Gasteiger partial charge in [0.1, 0.15) is 23.4 Å². The second-order valence-electron chi connectivity index (χ2n) is 16.3. The van der Waals surface area contributed by atoms with Crippen molar-refractivity contribution in [3.8, 4) is 23.0 Å². The average Bonchev–Trinajstić information content (AvgIpc) is 3.50. The fourth-order valence-corrected chi connectivity index (χ4v) is 8.16. The van der Waals surface area contributed by atoms with Crippen LogP contribution in [0.2, 0.25) is 0 Å². The molecular weight excluding hydrogens is 803 g/mol. The summed E-state index contributed by atoms with van der Waals surface area (Å²) in [5.74, 6) is -8.09. The van der Waals surface area contributed by atoms with E-state index in [1.54, 1.807) is 44.9 Å². The van der Waals surface area contributed by atoms with Crippen LogP contribution < -0.4 is 14.8 Å². The molecule has 9 unspecified atom stereocenters. The van der Waals surface area contributed by atoms with Gasteiger partial charge in [0.25, 0.3) is 17.6 Å². The molecule has 342 valence electrons. The fraction of sp³-hybridized carbons (Fsp3) is 0.565. The van der Waals surface area contributed by atoms with Crippen molar-refractivity contribution in [2.24, 2.45) is 23.7 Å². The molecule has 0 saturated heterocycles. The number of phenolic OH excluding ortho intramolecular Hbond substituents is 2. The number of aliphatic hydroxyl groups excluding tert-OH is 2. The van der Waals surface area contributed by atoms with Crippen molar-refractivity contribution in [1.82, 2.24) is 10.0 Å². The van der Waals surface area contributed by atoms with Gasteiger partial charge in [-0.05, 0) is 26.3 Å². The first kappa shape index (κ1) is 49.5. The monoisotopic (exact) mass is 867 g/mol. The third-order valence-electron chi connectivity index (χ3n) is 12.0. The van der Waals surface area contributed by atoms with E-state index < -0.39 is 95.5 Å². The molecule has 2 aromatic carbocycles. The minimum absolute atomic E-state index is 0.0602. The van der Waals surface area contributed by atoms with Gasteiger partial charge in [-0.15, -0.1) is 0 Å². The third-order valence-corrected chi connectivity index (χ3v) is 12.0. The number of benzene rings is 2. The normalized spacial score (nSPS) is 28.2. The van der Waals surface area contributed by atoms with E-state index in [-0.39, 0.29) is 44.7 Å². The molecular formula is C46H65N3O13.